The van der Waals surface area contributed by atoms with Crippen LogP contribution in [-0.4, -0.2) is 15.6 Å². The van der Waals surface area contributed by atoms with Crippen LogP contribution in [0, 0.1) is 19.8 Å². The Morgan fingerprint density at radius 1 is 1.18 bits per heavy atom. The zero-order valence-corrected chi connectivity index (χ0v) is 19.5. The second-order valence-electron chi connectivity index (χ2n) is 9.08. The Bertz CT molecular complexity index is 1420. The zero-order valence-electron chi connectivity index (χ0n) is 18.7. The number of aromatic nitrogens is 2. The Hall–Kier alpha value is -3.12. The Morgan fingerprint density at radius 2 is 2.00 bits per heavy atom. The summed E-state index contributed by atoms with van der Waals surface area (Å²) in [4.78, 5) is 26.3. The van der Waals surface area contributed by atoms with Gasteiger partial charge in [-0.2, -0.15) is 0 Å². The van der Waals surface area contributed by atoms with Crippen LogP contribution in [0.25, 0.3) is 21.8 Å². The van der Waals surface area contributed by atoms with Crippen LogP contribution < -0.4 is 10.9 Å². The lowest BCUT2D eigenvalue weighted by Crippen LogP contribution is -2.30. The first-order valence-electron chi connectivity index (χ1n) is 11.4. The molecular formula is C26H26ClN3O3. The number of nitrogens with zero attached hydrogens (tertiary/aromatic N) is 2. The molecule has 1 amide bonds. The topological polar surface area (TPSA) is 77.1 Å². The number of carbonyl (C=O) groups excluding carboxylic acids is 1. The van der Waals surface area contributed by atoms with Gasteiger partial charge < -0.3 is 14.4 Å². The predicted octanol–water partition coefficient (Wildman–Crippen LogP) is 6.17. The van der Waals surface area contributed by atoms with Gasteiger partial charge in [-0.3, -0.25) is 9.59 Å². The monoisotopic (exact) mass is 463 g/mol. The Balaban J connectivity index is 1.46. The van der Waals surface area contributed by atoms with Crippen LogP contribution in [0.2, 0.25) is 5.02 Å². The summed E-state index contributed by atoms with van der Waals surface area (Å²) in [5, 5.41) is 8.91. The highest BCUT2D eigenvalue weighted by Crippen LogP contribution is 2.38. The van der Waals surface area contributed by atoms with E-state index in [1.807, 2.05) is 54.0 Å². The van der Waals surface area contributed by atoms with Crippen LogP contribution in [0.15, 0.2) is 51.8 Å². The molecule has 4 aromatic rings. The number of nitrogens with one attached hydrogen (secondary N) is 1. The van der Waals surface area contributed by atoms with E-state index in [1.165, 1.54) is 0 Å². The van der Waals surface area contributed by atoms with E-state index in [-0.39, 0.29) is 23.4 Å². The van der Waals surface area contributed by atoms with Crippen LogP contribution >= 0.6 is 11.6 Å². The van der Waals surface area contributed by atoms with E-state index in [0.29, 0.717) is 28.1 Å². The maximum atomic E-state index is 13.6. The van der Waals surface area contributed by atoms with Crippen molar-refractivity contribution < 1.29 is 9.32 Å². The maximum absolute atomic E-state index is 13.6. The molecule has 7 heteroatoms. The fraction of sp³-hybridized carbons (Fsp3) is 0.346. The van der Waals surface area contributed by atoms with Gasteiger partial charge >= 0.3 is 0 Å². The van der Waals surface area contributed by atoms with Gasteiger partial charge in [0.2, 0.25) is 5.91 Å². The molecule has 33 heavy (non-hydrogen) atoms. The minimum Gasteiger partial charge on any atom is -0.360 e. The quantitative estimate of drug-likeness (QED) is 0.392. The largest absolute Gasteiger partial charge is 0.360 e. The number of benzene rings is 2. The molecule has 1 N–H and O–H groups in total. The smallest absolute Gasteiger partial charge is 0.264 e. The summed E-state index contributed by atoms with van der Waals surface area (Å²) in [6.07, 6.45) is 4.01. The number of hydrogen-bond acceptors (Lipinski definition) is 4. The number of anilines is 1. The minimum atomic E-state index is -0.103. The number of hydrogen-bond donors (Lipinski definition) is 1. The van der Waals surface area contributed by atoms with E-state index in [1.54, 1.807) is 6.92 Å². The van der Waals surface area contributed by atoms with Gasteiger partial charge in [0.1, 0.15) is 16.7 Å². The summed E-state index contributed by atoms with van der Waals surface area (Å²) in [5.74, 6) is 0.709. The lowest BCUT2D eigenvalue weighted by atomic mass is 9.83. The second-order valence-corrected chi connectivity index (χ2v) is 9.49. The van der Waals surface area contributed by atoms with Crippen molar-refractivity contribution in [1.29, 1.82) is 0 Å². The number of aryl methyl sites for hydroxylation is 2. The first-order chi connectivity index (χ1) is 15.9. The number of rotatable bonds is 4. The first kappa shape index (κ1) is 21.7. The summed E-state index contributed by atoms with van der Waals surface area (Å²) in [6, 6.07) is 13.4. The van der Waals surface area contributed by atoms with Crippen LogP contribution in [0.3, 0.4) is 0 Å². The number of amides is 1. The third kappa shape index (κ3) is 4.04. The highest BCUT2D eigenvalue weighted by atomic mass is 35.5. The summed E-state index contributed by atoms with van der Waals surface area (Å²) >= 11 is 6.54. The molecule has 6 nitrogen and oxygen atoms in total. The Kier molecular flexibility index (Phi) is 5.71. The van der Waals surface area contributed by atoms with E-state index in [4.69, 9.17) is 16.1 Å². The Labute approximate surface area is 196 Å². The molecule has 5 rings (SSSR count). The van der Waals surface area contributed by atoms with Crippen molar-refractivity contribution in [2.45, 2.75) is 52.0 Å². The third-order valence-corrected chi connectivity index (χ3v) is 6.99. The molecule has 2 aromatic heterocycles. The lowest BCUT2D eigenvalue weighted by Gasteiger charge is -2.31. The standard InChI is InChI=1S/C26H26ClN3O3/c1-15-6-3-8-18(12-15)28-22(31)14-17-7-4-9-19(13-17)30-21-11-5-10-20(27)24(21)25-23(26(30)32)16(2)33-29-25/h3,5-6,8,10-12,17,19H,4,7,9,13-14H2,1-2H3,(H,28,31)/t17-,19+/m1/s1. The van der Waals surface area contributed by atoms with Gasteiger partial charge in [-0.1, -0.05) is 41.4 Å². The van der Waals surface area contributed by atoms with Crippen molar-refractivity contribution >= 4 is 45.0 Å². The summed E-state index contributed by atoms with van der Waals surface area (Å²) in [7, 11) is 0. The summed E-state index contributed by atoms with van der Waals surface area (Å²) in [6.45, 7) is 3.76. The average molecular weight is 464 g/mol. The van der Waals surface area contributed by atoms with Crippen LogP contribution in [-0.2, 0) is 4.79 Å². The number of carbonyl (C=O) groups is 1. The van der Waals surface area contributed by atoms with Gasteiger partial charge in [-0.15, -0.1) is 0 Å². The molecule has 1 saturated carbocycles. The van der Waals surface area contributed by atoms with Crippen LogP contribution in [0.5, 0.6) is 0 Å². The second kappa shape index (κ2) is 8.67. The normalized spacial score (nSPS) is 18.6. The average Bonchev–Trinajstić information content (AvgIpc) is 3.16. The minimum absolute atomic E-state index is 0.0110. The molecule has 0 aliphatic heterocycles. The number of pyridine rings is 1. The van der Waals surface area contributed by atoms with E-state index in [2.05, 4.69) is 10.5 Å². The van der Waals surface area contributed by atoms with E-state index < -0.39 is 0 Å². The molecule has 0 unspecified atom stereocenters. The van der Waals surface area contributed by atoms with Crippen LogP contribution in [0.1, 0.15) is 49.5 Å². The van der Waals surface area contributed by atoms with Crippen molar-refractivity contribution in [3.63, 3.8) is 0 Å². The maximum Gasteiger partial charge on any atom is 0.264 e. The molecule has 1 aliphatic carbocycles. The highest BCUT2D eigenvalue weighted by Gasteiger charge is 2.29. The van der Waals surface area contributed by atoms with E-state index in [9.17, 15) is 9.59 Å². The van der Waals surface area contributed by atoms with Crippen molar-refractivity contribution in [3.8, 4) is 0 Å². The first-order valence-corrected chi connectivity index (χ1v) is 11.8. The fourth-order valence-electron chi connectivity index (χ4n) is 5.21. The van der Waals surface area contributed by atoms with Gasteiger partial charge in [0.25, 0.3) is 5.56 Å². The molecule has 2 heterocycles. The molecular weight excluding hydrogens is 438 g/mol. The summed E-state index contributed by atoms with van der Waals surface area (Å²) < 4.78 is 7.22. The third-order valence-electron chi connectivity index (χ3n) is 6.68. The predicted molar refractivity (Wildman–Crippen MR) is 131 cm³/mol. The van der Waals surface area contributed by atoms with Gasteiger partial charge in [0.05, 0.1) is 10.5 Å². The molecule has 0 saturated heterocycles. The molecule has 2 aromatic carbocycles. The van der Waals surface area contributed by atoms with E-state index >= 15 is 0 Å². The van der Waals surface area contributed by atoms with E-state index in [0.717, 1.165) is 47.8 Å². The molecule has 170 valence electrons. The van der Waals surface area contributed by atoms with Gasteiger partial charge in [0, 0.05) is 23.5 Å². The van der Waals surface area contributed by atoms with Crippen molar-refractivity contribution in [3.05, 3.63) is 69.2 Å². The number of fused-ring (bicyclic) bond motifs is 3. The van der Waals surface area contributed by atoms with Crippen LogP contribution in [0.4, 0.5) is 5.69 Å². The van der Waals surface area contributed by atoms with Crippen molar-refractivity contribution in [2.24, 2.45) is 5.92 Å². The zero-order chi connectivity index (χ0) is 23.1. The van der Waals surface area contributed by atoms with Gasteiger partial charge in [0.15, 0.2) is 0 Å². The molecule has 2 atom stereocenters. The number of halogens is 1. The molecule has 1 fully saturated rings. The van der Waals surface area contributed by atoms with Gasteiger partial charge in [-0.05, 0) is 68.9 Å². The molecule has 0 spiro atoms. The van der Waals surface area contributed by atoms with Crippen molar-refractivity contribution in [1.82, 2.24) is 9.72 Å². The SMILES string of the molecule is Cc1cccc(NC(=O)C[C@@H]2CCC[C@H](n3c(=O)c4c(C)onc4c4c(Cl)cccc43)C2)c1. The lowest BCUT2D eigenvalue weighted by molar-refractivity contribution is -0.117. The molecule has 0 bridgehead atoms. The molecule has 1 aliphatic rings. The Morgan fingerprint density at radius 3 is 2.82 bits per heavy atom. The summed E-state index contributed by atoms with van der Waals surface area (Å²) in [5.41, 5.74) is 3.10. The van der Waals surface area contributed by atoms with Crippen molar-refractivity contribution in [2.75, 3.05) is 5.32 Å². The molecule has 0 radical (unpaired) electrons. The van der Waals surface area contributed by atoms with Gasteiger partial charge in [-0.25, -0.2) is 0 Å². The fourth-order valence-corrected chi connectivity index (χ4v) is 5.47. The highest BCUT2D eigenvalue weighted by molar-refractivity contribution is 6.37.